The first-order valence-electron chi connectivity index (χ1n) is 6.54. The lowest BCUT2D eigenvalue weighted by molar-refractivity contribution is -0.151. The maximum absolute atomic E-state index is 11.8. The Morgan fingerprint density at radius 3 is 2.28 bits per heavy atom. The second kappa shape index (κ2) is 4.73. The van der Waals surface area contributed by atoms with Crippen LogP contribution in [0.3, 0.4) is 0 Å². The lowest BCUT2D eigenvalue weighted by Gasteiger charge is -2.38. The van der Waals surface area contributed by atoms with Crippen LogP contribution in [0, 0.1) is 0 Å². The SMILES string of the molecule is CCC(C)N(C)C1(C(=O)O)Cc2ccccc2C1. The Kier molecular flexibility index (Phi) is 3.44. The molecule has 98 valence electrons. The zero-order valence-electron chi connectivity index (χ0n) is 11.3. The number of rotatable bonds is 4. The number of aliphatic carboxylic acids is 1. The first kappa shape index (κ1) is 13.1. The van der Waals surface area contributed by atoms with Gasteiger partial charge in [0.15, 0.2) is 0 Å². The molecule has 0 saturated carbocycles. The number of fused-ring (bicyclic) bond motifs is 1. The van der Waals surface area contributed by atoms with Gasteiger partial charge in [0.2, 0.25) is 0 Å². The van der Waals surface area contributed by atoms with Crippen molar-refractivity contribution in [1.29, 1.82) is 0 Å². The van der Waals surface area contributed by atoms with Crippen LogP contribution >= 0.6 is 0 Å². The van der Waals surface area contributed by atoms with Crippen molar-refractivity contribution in [3.8, 4) is 0 Å². The van der Waals surface area contributed by atoms with Crippen molar-refractivity contribution in [1.82, 2.24) is 4.90 Å². The molecular formula is C15H21NO2. The monoisotopic (exact) mass is 247 g/mol. The predicted molar refractivity (Wildman–Crippen MR) is 71.7 cm³/mol. The summed E-state index contributed by atoms with van der Waals surface area (Å²) in [6, 6.07) is 8.34. The van der Waals surface area contributed by atoms with Gasteiger partial charge >= 0.3 is 5.97 Å². The molecule has 1 aromatic carbocycles. The average molecular weight is 247 g/mol. The van der Waals surface area contributed by atoms with E-state index in [9.17, 15) is 9.90 Å². The van der Waals surface area contributed by atoms with Gasteiger partial charge in [0, 0.05) is 18.9 Å². The molecule has 1 unspecified atom stereocenters. The number of benzene rings is 1. The molecule has 18 heavy (non-hydrogen) atoms. The van der Waals surface area contributed by atoms with E-state index in [0.29, 0.717) is 12.8 Å². The van der Waals surface area contributed by atoms with E-state index in [1.165, 1.54) is 11.1 Å². The highest BCUT2D eigenvalue weighted by molar-refractivity contribution is 5.81. The van der Waals surface area contributed by atoms with E-state index >= 15 is 0 Å². The van der Waals surface area contributed by atoms with E-state index < -0.39 is 11.5 Å². The van der Waals surface area contributed by atoms with E-state index in [2.05, 4.69) is 13.8 Å². The largest absolute Gasteiger partial charge is 0.480 e. The molecule has 0 fully saturated rings. The summed E-state index contributed by atoms with van der Waals surface area (Å²) in [5, 5.41) is 9.71. The Morgan fingerprint density at radius 1 is 1.39 bits per heavy atom. The standard InChI is InChI=1S/C15H21NO2/c1-4-11(2)16(3)15(14(17)18)9-12-7-5-6-8-13(12)10-15/h5-8,11H,4,9-10H2,1-3H3,(H,17,18). The fourth-order valence-corrected chi connectivity index (χ4v) is 2.84. The number of likely N-dealkylation sites (N-methyl/N-ethyl adjacent to an activating group) is 1. The van der Waals surface area contributed by atoms with Crippen LogP contribution in [0.2, 0.25) is 0 Å². The van der Waals surface area contributed by atoms with E-state index in [1.807, 2.05) is 36.2 Å². The molecule has 0 aliphatic heterocycles. The van der Waals surface area contributed by atoms with Gasteiger partial charge in [-0.15, -0.1) is 0 Å². The minimum atomic E-state index is -0.765. The van der Waals surface area contributed by atoms with Crippen molar-refractivity contribution in [2.45, 2.75) is 44.7 Å². The smallest absolute Gasteiger partial charge is 0.324 e. The Balaban J connectivity index is 2.36. The van der Waals surface area contributed by atoms with Crippen LogP contribution in [0.25, 0.3) is 0 Å². The number of carboxylic acids is 1. The third-order valence-electron chi connectivity index (χ3n) is 4.41. The minimum Gasteiger partial charge on any atom is -0.480 e. The Morgan fingerprint density at radius 2 is 1.89 bits per heavy atom. The highest BCUT2D eigenvalue weighted by Crippen LogP contribution is 2.35. The Hall–Kier alpha value is -1.35. The molecule has 1 aromatic rings. The summed E-state index contributed by atoms with van der Waals surface area (Å²) in [6.45, 7) is 4.19. The summed E-state index contributed by atoms with van der Waals surface area (Å²) >= 11 is 0. The fourth-order valence-electron chi connectivity index (χ4n) is 2.84. The number of hydrogen-bond donors (Lipinski definition) is 1. The van der Waals surface area contributed by atoms with Crippen molar-refractivity contribution in [3.05, 3.63) is 35.4 Å². The summed E-state index contributed by atoms with van der Waals surface area (Å²) in [5.41, 5.74) is 1.59. The third kappa shape index (κ3) is 1.93. The maximum Gasteiger partial charge on any atom is 0.324 e. The first-order chi connectivity index (χ1) is 8.51. The number of hydrogen-bond acceptors (Lipinski definition) is 2. The van der Waals surface area contributed by atoms with Crippen molar-refractivity contribution >= 4 is 5.97 Å². The fraction of sp³-hybridized carbons (Fsp3) is 0.533. The minimum absolute atomic E-state index is 0.274. The summed E-state index contributed by atoms with van der Waals surface area (Å²) in [7, 11) is 1.94. The van der Waals surface area contributed by atoms with Crippen LogP contribution < -0.4 is 0 Å². The molecule has 0 amide bonds. The van der Waals surface area contributed by atoms with Gasteiger partial charge in [0.05, 0.1) is 0 Å². The summed E-state index contributed by atoms with van der Waals surface area (Å²) in [5.74, 6) is -0.707. The van der Waals surface area contributed by atoms with E-state index in [1.54, 1.807) is 0 Å². The molecule has 1 aliphatic carbocycles. The van der Waals surface area contributed by atoms with E-state index in [0.717, 1.165) is 6.42 Å². The second-order valence-electron chi connectivity index (χ2n) is 5.33. The molecule has 3 nitrogen and oxygen atoms in total. The van der Waals surface area contributed by atoms with Gasteiger partial charge in [0.1, 0.15) is 5.54 Å². The van der Waals surface area contributed by atoms with Crippen LogP contribution in [0.15, 0.2) is 24.3 Å². The van der Waals surface area contributed by atoms with Gasteiger partial charge in [0.25, 0.3) is 0 Å². The van der Waals surface area contributed by atoms with Crippen LogP contribution in [-0.4, -0.2) is 34.6 Å². The van der Waals surface area contributed by atoms with Gasteiger partial charge in [-0.2, -0.15) is 0 Å². The first-order valence-corrected chi connectivity index (χ1v) is 6.54. The molecule has 0 bridgehead atoms. The maximum atomic E-state index is 11.8. The molecule has 0 heterocycles. The molecular weight excluding hydrogens is 226 g/mol. The van der Waals surface area contributed by atoms with E-state index in [-0.39, 0.29) is 6.04 Å². The molecule has 1 atom stereocenters. The zero-order chi connectivity index (χ0) is 13.3. The molecule has 3 heteroatoms. The number of carboxylic acid groups (broad SMARTS) is 1. The molecule has 1 N–H and O–H groups in total. The quantitative estimate of drug-likeness (QED) is 0.887. The predicted octanol–water partition coefficient (Wildman–Crippen LogP) is 2.34. The molecule has 1 aliphatic rings. The van der Waals surface area contributed by atoms with Crippen LogP contribution in [0.1, 0.15) is 31.4 Å². The Labute approximate surface area is 108 Å². The van der Waals surface area contributed by atoms with Crippen LogP contribution in [-0.2, 0) is 17.6 Å². The van der Waals surface area contributed by atoms with Crippen molar-refractivity contribution in [2.75, 3.05) is 7.05 Å². The third-order valence-corrected chi connectivity index (χ3v) is 4.41. The van der Waals surface area contributed by atoms with E-state index in [4.69, 9.17) is 0 Å². The van der Waals surface area contributed by atoms with Crippen molar-refractivity contribution in [2.24, 2.45) is 0 Å². The molecule has 0 spiro atoms. The van der Waals surface area contributed by atoms with Crippen molar-refractivity contribution < 1.29 is 9.90 Å². The van der Waals surface area contributed by atoms with Gasteiger partial charge in [-0.05, 0) is 31.5 Å². The molecule has 0 saturated heterocycles. The lowest BCUT2D eigenvalue weighted by atomic mass is 9.92. The molecule has 0 radical (unpaired) electrons. The number of carbonyl (C=O) groups is 1. The van der Waals surface area contributed by atoms with Gasteiger partial charge in [-0.3, -0.25) is 9.69 Å². The topological polar surface area (TPSA) is 40.5 Å². The van der Waals surface area contributed by atoms with Crippen molar-refractivity contribution in [3.63, 3.8) is 0 Å². The lowest BCUT2D eigenvalue weighted by Crippen LogP contribution is -2.56. The molecule has 0 aromatic heterocycles. The average Bonchev–Trinajstić information content (AvgIpc) is 2.77. The van der Waals surface area contributed by atoms with Crippen LogP contribution in [0.4, 0.5) is 0 Å². The normalized spacial score (nSPS) is 18.7. The van der Waals surface area contributed by atoms with Gasteiger partial charge in [-0.25, -0.2) is 0 Å². The van der Waals surface area contributed by atoms with Gasteiger partial charge in [-0.1, -0.05) is 31.2 Å². The number of nitrogens with zero attached hydrogens (tertiary/aromatic N) is 1. The zero-order valence-corrected chi connectivity index (χ0v) is 11.3. The summed E-state index contributed by atoms with van der Waals surface area (Å²) in [6.07, 6.45) is 2.18. The van der Waals surface area contributed by atoms with Gasteiger partial charge < -0.3 is 5.11 Å². The Bertz CT molecular complexity index is 431. The van der Waals surface area contributed by atoms with Crippen LogP contribution in [0.5, 0.6) is 0 Å². The summed E-state index contributed by atoms with van der Waals surface area (Å²) in [4.78, 5) is 13.8. The summed E-state index contributed by atoms with van der Waals surface area (Å²) < 4.78 is 0. The highest BCUT2D eigenvalue weighted by Gasteiger charge is 2.48. The molecule has 2 rings (SSSR count). The highest BCUT2D eigenvalue weighted by atomic mass is 16.4. The second-order valence-corrected chi connectivity index (χ2v) is 5.33.